The summed E-state index contributed by atoms with van der Waals surface area (Å²) in [6.07, 6.45) is 1.57. The van der Waals surface area contributed by atoms with Crippen molar-refractivity contribution in [2.24, 2.45) is 0 Å². The second kappa shape index (κ2) is 11.7. The van der Waals surface area contributed by atoms with Crippen LogP contribution in [0.1, 0.15) is 12.7 Å². The molecule has 1 fully saturated rings. The molecule has 0 saturated carbocycles. The Morgan fingerprint density at radius 2 is 1.75 bits per heavy atom. The normalized spacial score (nSPS) is 14.7. The number of urea groups is 1. The maximum atomic E-state index is 13.8. The lowest BCUT2D eigenvalue weighted by Gasteiger charge is -2.33. The Hall–Kier alpha value is -3.16. The monoisotopic (exact) mass is 518 g/mol. The van der Waals surface area contributed by atoms with Crippen LogP contribution in [0.4, 0.5) is 14.5 Å². The summed E-state index contributed by atoms with van der Waals surface area (Å²) in [6, 6.07) is 3.05. The van der Waals surface area contributed by atoms with E-state index < -0.39 is 0 Å². The first kappa shape index (κ1) is 25.9. The SMILES string of the molecule is CCN1CCN(CCNC(=O)Nc2ccc3c(-c4c(OC)nc(C)nc4OC)cn(SF)c3n2)CC1. The molecule has 11 nitrogen and oxygen atoms in total. The van der Waals surface area contributed by atoms with Gasteiger partial charge in [0.2, 0.25) is 11.8 Å². The number of carbonyl (C=O) groups is 1. The summed E-state index contributed by atoms with van der Waals surface area (Å²) in [5, 5.41) is 6.23. The molecule has 1 aliphatic heterocycles. The Labute approximate surface area is 213 Å². The van der Waals surface area contributed by atoms with Gasteiger partial charge >= 0.3 is 6.03 Å². The standard InChI is InChI=1S/C23H31FN8O3S/c1-5-30-10-12-31(13-11-30)9-8-25-23(33)29-18-7-6-16-17(14-32(36-24)20(16)28-18)19-21(34-3)26-15(2)27-22(19)35-4/h6-7,14H,5,8-13H2,1-4H3,(H2,25,28,29,33). The van der Waals surface area contributed by atoms with Gasteiger partial charge in [0.15, 0.2) is 18.0 Å². The first-order chi connectivity index (χ1) is 17.5. The van der Waals surface area contributed by atoms with Crippen LogP contribution in [-0.2, 0) is 0 Å². The van der Waals surface area contributed by atoms with E-state index in [1.54, 1.807) is 25.3 Å². The molecule has 0 unspecified atom stereocenters. The van der Waals surface area contributed by atoms with Crippen LogP contribution >= 0.6 is 12.3 Å². The van der Waals surface area contributed by atoms with Gasteiger partial charge in [-0.3, -0.25) is 10.2 Å². The fourth-order valence-electron chi connectivity index (χ4n) is 4.26. The number of rotatable bonds is 9. The molecule has 2 N–H and O–H groups in total. The Balaban J connectivity index is 1.48. The zero-order valence-corrected chi connectivity index (χ0v) is 21.7. The lowest BCUT2D eigenvalue weighted by Crippen LogP contribution is -2.48. The smallest absolute Gasteiger partial charge is 0.320 e. The van der Waals surface area contributed by atoms with Gasteiger partial charge < -0.3 is 19.7 Å². The molecular formula is C23H31FN8O3S. The van der Waals surface area contributed by atoms with Crippen LogP contribution in [0.15, 0.2) is 18.3 Å². The zero-order chi connectivity index (χ0) is 25.7. The lowest BCUT2D eigenvalue weighted by molar-refractivity contribution is 0.138. The van der Waals surface area contributed by atoms with E-state index in [1.165, 1.54) is 18.2 Å². The number of likely N-dealkylation sites (N-methyl/N-ethyl adjacent to an activating group) is 1. The van der Waals surface area contributed by atoms with Crippen molar-refractivity contribution in [2.75, 3.05) is 65.3 Å². The number of aryl methyl sites for hydroxylation is 1. The summed E-state index contributed by atoms with van der Waals surface area (Å²) in [6.45, 7) is 10.4. The van der Waals surface area contributed by atoms with E-state index in [2.05, 4.69) is 42.3 Å². The first-order valence-corrected chi connectivity index (χ1v) is 12.4. The maximum absolute atomic E-state index is 13.8. The van der Waals surface area contributed by atoms with Gasteiger partial charge in [-0.1, -0.05) is 6.92 Å². The van der Waals surface area contributed by atoms with Crippen LogP contribution in [-0.4, -0.2) is 94.8 Å². The van der Waals surface area contributed by atoms with Gasteiger partial charge in [0.25, 0.3) is 0 Å². The summed E-state index contributed by atoms with van der Waals surface area (Å²) in [7, 11) is 3.00. The van der Waals surface area contributed by atoms with Gasteiger partial charge in [-0.2, -0.15) is 9.97 Å². The number of fused-ring (bicyclic) bond motifs is 1. The number of aromatic nitrogens is 4. The Bertz CT molecular complexity index is 1190. The number of ether oxygens (including phenoxy) is 2. The van der Waals surface area contributed by atoms with Crippen LogP contribution in [0.3, 0.4) is 0 Å². The number of hydrogen-bond donors (Lipinski definition) is 2. The number of amides is 2. The topological polar surface area (TPSA) is 110 Å². The van der Waals surface area contributed by atoms with Gasteiger partial charge in [-0.25, -0.2) is 13.8 Å². The molecule has 4 heterocycles. The molecule has 0 atom stereocenters. The maximum Gasteiger partial charge on any atom is 0.320 e. The van der Waals surface area contributed by atoms with Gasteiger partial charge in [0.05, 0.1) is 14.2 Å². The summed E-state index contributed by atoms with van der Waals surface area (Å²) in [5.41, 5.74) is 1.41. The number of halogens is 1. The third-order valence-electron chi connectivity index (χ3n) is 6.17. The molecular weight excluding hydrogens is 487 g/mol. The fraction of sp³-hybridized carbons (Fsp3) is 0.478. The summed E-state index contributed by atoms with van der Waals surface area (Å²) < 4.78 is 26.0. The molecule has 2 amide bonds. The second-order valence-electron chi connectivity index (χ2n) is 8.33. The highest BCUT2D eigenvalue weighted by atomic mass is 32.2. The molecule has 0 bridgehead atoms. The third kappa shape index (κ3) is 5.63. The van der Waals surface area contributed by atoms with Crippen molar-refractivity contribution in [2.45, 2.75) is 13.8 Å². The first-order valence-electron chi connectivity index (χ1n) is 11.7. The number of pyridine rings is 1. The third-order valence-corrected chi connectivity index (χ3v) is 6.60. The van der Waals surface area contributed by atoms with Crippen molar-refractivity contribution in [3.63, 3.8) is 0 Å². The summed E-state index contributed by atoms with van der Waals surface area (Å²) >= 11 is -0.00273. The van der Waals surface area contributed by atoms with Crippen LogP contribution in [0.25, 0.3) is 22.2 Å². The van der Waals surface area contributed by atoms with Crippen LogP contribution in [0, 0.1) is 6.92 Å². The number of nitrogens with zero attached hydrogens (tertiary/aromatic N) is 6. The van der Waals surface area contributed by atoms with E-state index in [1.807, 2.05) is 0 Å². The van der Waals surface area contributed by atoms with Crippen LogP contribution in [0.2, 0.25) is 0 Å². The van der Waals surface area contributed by atoms with Gasteiger partial charge in [0.1, 0.15) is 17.2 Å². The van der Waals surface area contributed by atoms with Crippen molar-refractivity contribution >= 4 is 35.2 Å². The Kier molecular flexibility index (Phi) is 8.44. The molecule has 4 rings (SSSR count). The molecule has 0 aliphatic carbocycles. The molecule has 1 saturated heterocycles. The van der Waals surface area contributed by atoms with Crippen LogP contribution in [0.5, 0.6) is 11.8 Å². The molecule has 36 heavy (non-hydrogen) atoms. The predicted molar refractivity (Wildman–Crippen MR) is 138 cm³/mol. The van der Waals surface area contributed by atoms with E-state index in [0.717, 1.165) is 39.3 Å². The summed E-state index contributed by atoms with van der Waals surface area (Å²) in [5.74, 6) is 1.39. The molecule has 13 heteroatoms. The van der Waals surface area contributed by atoms with Crippen molar-refractivity contribution < 1.29 is 18.2 Å². The molecule has 194 valence electrons. The van der Waals surface area contributed by atoms with Gasteiger partial charge in [-0.15, -0.1) is 3.89 Å². The summed E-state index contributed by atoms with van der Waals surface area (Å²) in [4.78, 5) is 30.3. The second-order valence-corrected chi connectivity index (χ2v) is 8.86. The van der Waals surface area contributed by atoms with Crippen molar-refractivity contribution in [3.8, 4) is 22.9 Å². The quantitative estimate of drug-likeness (QED) is 0.442. The number of carbonyl (C=O) groups excluding carboxylic acids is 1. The number of piperazine rings is 1. The average molecular weight is 519 g/mol. The zero-order valence-electron chi connectivity index (χ0n) is 20.9. The van der Waals surface area contributed by atoms with Gasteiger partial charge in [-0.05, 0) is 25.6 Å². The average Bonchev–Trinajstić information content (AvgIpc) is 3.25. The number of hydrogen-bond acceptors (Lipinski definition) is 9. The van der Waals surface area contributed by atoms with Crippen molar-refractivity contribution in [1.29, 1.82) is 0 Å². The molecule has 0 aromatic carbocycles. The number of methoxy groups -OCH3 is 2. The fourth-order valence-corrected chi connectivity index (χ4v) is 4.61. The molecule has 3 aromatic heterocycles. The van der Waals surface area contributed by atoms with Crippen molar-refractivity contribution in [3.05, 3.63) is 24.2 Å². The number of anilines is 1. The van der Waals surface area contributed by atoms with Crippen molar-refractivity contribution in [1.82, 2.24) is 34.0 Å². The largest absolute Gasteiger partial charge is 0.480 e. The number of nitrogens with one attached hydrogen (secondary N) is 2. The minimum atomic E-state index is -0.365. The van der Waals surface area contributed by atoms with E-state index in [0.29, 0.717) is 52.1 Å². The Morgan fingerprint density at radius 3 is 2.36 bits per heavy atom. The van der Waals surface area contributed by atoms with E-state index in [-0.39, 0.29) is 18.4 Å². The molecule has 3 aromatic rings. The molecule has 0 radical (unpaired) electrons. The van der Waals surface area contributed by atoms with Crippen LogP contribution < -0.4 is 20.1 Å². The highest BCUT2D eigenvalue weighted by molar-refractivity contribution is 7.92. The van der Waals surface area contributed by atoms with E-state index >= 15 is 0 Å². The minimum absolute atomic E-state index is 0.00273. The predicted octanol–water partition coefficient (Wildman–Crippen LogP) is 2.96. The van der Waals surface area contributed by atoms with Gasteiger partial charge in [0, 0.05) is 56.4 Å². The highest BCUT2D eigenvalue weighted by Gasteiger charge is 2.23. The van der Waals surface area contributed by atoms with E-state index in [9.17, 15) is 8.68 Å². The minimum Gasteiger partial charge on any atom is -0.480 e. The molecule has 1 aliphatic rings. The van der Waals surface area contributed by atoms with E-state index in [4.69, 9.17) is 9.47 Å². The highest BCUT2D eigenvalue weighted by Crippen LogP contribution is 2.41. The lowest BCUT2D eigenvalue weighted by atomic mass is 10.1. The Morgan fingerprint density at radius 1 is 1.08 bits per heavy atom. The molecule has 0 spiro atoms.